The normalized spacial score (nSPS) is 10.5. The highest BCUT2D eigenvalue weighted by atomic mass is 79.9. The van der Waals surface area contributed by atoms with Crippen LogP contribution in [0.3, 0.4) is 0 Å². The Balaban J connectivity index is 1.34. The van der Waals surface area contributed by atoms with E-state index in [9.17, 15) is 9.59 Å². The highest BCUT2D eigenvalue weighted by Gasteiger charge is 2.11. The Hall–Kier alpha value is -2.11. The standard InChI is InChI=1S/C23H19Br2Cl2N3O4S/c24-14-4-6-16-13(10-14)3-7-19(22(16)25)34-12-21(32)29-30-23(35)28-20(31)2-1-9-33-18-8-5-15(26)11-17(18)27/h3-8,10-11H,1-2,9,12H2,(H,29,32)(H2,28,30,31,35). The second kappa shape index (κ2) is 13.3. The minimum Gasteiger partial charge on any atom is -0.492 e. The van der Waals surface area contributed by atoms with Crippen molar-refractivity contribution < 1.29 is 19.1 Å². The van der Waals surface area contributed by atoms with Gasteiger partial charge in [-0.2, -0.15) is 0 Å². The summed E-state index contributed by atoms with van der Waals surface area (Å²) in [5.74, 6) is 0.207. The van der Waals surface area contributed by atoms with Crippen molar-refractivity contribution in [3.8, 4) is 11.5 Å². The molecule has 184 valence electrons. The molecule has 0 bridgehead atoms. The monoisotopic (exact) mass is 661 g/mol. The first-order valence-electron chi connectivity index (χ1n) is 10.2. The first-order chi connectivity index (χ1) is 16.7. The van der Waals surface area contributed by atoms with E-state index in [1.807, 2.05) is 24.3 Å². The fourth-order valence-electron chi connectivity index (χ4n) is 2.89. The largest absolute Gasteiger partial charge is 0.492 e. The summed E-state index contributed by atoms with van der Waals surface area (Å²) in [4.78, 5) is 24.1. The van der Waals surface area contributed by atoms with E-state index in [-0.39, 0.29) is 30.7 Å². The number of carbonyl (C=O) groups is 2. The Bertz CT molecular complexity index is 1260. The van der Waals surface area contributed by atoms with E-state index < -0.39 is 5.91 Å². The lowest BCUT2D eigenvalue weighted by molar-refractivity contribution is -0.124. The molecule has 0 aliphatic carbocycles. The van der Waals surface area contributed by atoms with Gasteiger partial charge in [-0.25, -0.2) is 0 Å². The predicted octanol–water partition coefficient (Wildman–Crippen LogP) is 5.93. The van der Waals surface area contributed by atoms with E-state index in [4.69, 9.17) is 44.9 Å². The Labute approximate surface area is 234 Å². The number of hydrogen-bond donors (Lipinski definition) is 3. The second-order valence-electron chi connectivity index (χ2n) is 7.11. The van der Waals surface area contributed by atoms with Gasteiger partial charge >= 0.3 is 0 Å². The summed E-state index contributed by atoms with van der Waals surface area (Å²) < 4.78 is 12.8. The van der Waals surface area contributed by atoms with Crippen LogP contribution in [0.5, 0.6) is 11.5 Å². The minimum atomic E-state index is -0.474. The lowest BCUT2D eigenvalue weighted by Gasteiger charge is -2.13. The zero-order valence-corrected chi connectivity index (χ0v) is 23.5. The molecular weight excluding hydrogens is 645 g/mol. The van der Waals surface area contributed by atoms with Gasteiger partial charge in [-0.05, 0) is 81.7 Å². The van der Waals surface area contributed by atoms with Crippen molar-refractivity contribution in [3.05, 3.63) is 67.5 Å². The Morgan fingerprint density at radius 1 is 0.914 bits per heavy atom. The van der Waals surface area contributed by atoms with Crippen LogP contribution in [0.15, 0.2) is 57.5 Å². The summed E-state index contributed by atoms with van der Waals surface area (Å²) >= 11 is 23.9. The summed E-state index contributed by atoms with van der Waals surface area (Å²) in [7, 11) is 0. The van der Waals surface area contributed by atoms with Crippen LogP contribution in [-0.4, -0.2) is 30.1 Å². The molecule has 0 unspecified atom stereocenters. The van der Waals surface area contributed by atoms with Gasteiger partial charge in [0.25, 0.3) is 5.91 Å². The number of fused-ring (bicyclic) bond motifs is 1. The highest BCUT2D eigenvalue weighted by molar-refractivity contribution is 9.11. The number of hydrogen-bond acceptors (Lipinski definition) is 5. The van der Waals surface area contributed by atoms with Gasteiger partial charge in [-0.15, -0.1) is 0 Å². The summed E-state index contributed by atoms with van der Waals surface area (Å²) in [6.45, 7) is 0.0272. The third kappa shape index (κ3) is 8.50. The molecule has 3 N–H and O–H groups in total. The Kier molecular flexibility index (Phi) is 10.4. The van der Waals surface area contributed by atoms with Crippen molar-refractivity contribution in [2.75, 3.05) is 13.2 Å². The molecule has 12 heteroatoms. The average Bonchev–Trinajstić information content (AvgIpc) is 2.81. The number of thiocarbonyl (C=S) groups is 1. The van der Waals surface area contributed by atoms with E-state index in [0.717, 1.165) is 19.7 Å². The molecule has 0 atom stereocenters. The van der Waals surface area contributed by atoms with Gasteiger partial charge in [0.2, 0.25) is 5.91 Å². The molecule has 3 aromatic carbocycles. The number of rotatable bonds is 8. The van der Waals surface area contributed by atoms with Gasteiger partial charge in [0.05, 0.1) is 16.1 Å². The second-order valence-corrected chi connectivity index (χ2v) is 10.1. The molecule has 0 saturated carbocycles. The number of nitrogens with one attached hydrogen (secondary N) is 3. The number of amides is 2. The molecule has 0 aromatic heterocycles. The lowest BCUT2D eigenvalue weighted by Crippen LogP contribution is -2.49. The van der Waals surface area contributed by atoms with E-state index in [0.29, 0.717) is 28.0 Å². The van der Waals surface area contributed by atoms with Crippen molar-refractivity contribution >= 4 is 95.0 Å². The topological polar surface area (TPSA) is 88.7 Å². The Morgan fingerprint density at radius 3 is 2.46 bits per heavy atom. The summed E-state index contributed by atoms with van der Waals surface area (Å²) in [6, 6.07) is 14.4. The van der Waals surface area contributed by atoms with Crippen LogP contribution >= 0.6 is 67.3 Å². The van der Waals surface area contributed by atoms with Gasteiger partial charge in [0.15, 0.2) is 11.7 Å². The summed E-state index contributed by atoms with van der Waals surface area (Å²) in [6.07, 6.45) is 0.599. The van der Waals surface area contributed by atoms with Crippen molar-refractivity contribution in [2.24, 2.45) is 0 Å². The van der Waals surface area contributed by atoms with Crippen molar-refractivity contribution in [2.45, 2.75) is 12.8 Å². The van der Waals surface area contributed by atoms with Crippen LogP contribution in [-0.2, 0) is 9.59 Å². The fraction of sp³-hybridized carbons (Fsp3) is 0.174. The van der Waals surface area contributed by atoms with Gasteiger partial charge in [0, 0.05) is 15.9 Å². The van der Waals surface area contributed by atoms with E-state index in [1.165, 1.54) is 0 Å². The summed E-state index contributed by atoms with van der Waals surface area (Å²) in [5, 5.41) is 5.32. The number of hydrazine groups is 1. The Morgan fingerprint density at radius 2 is 1.69 bits per heavy atom. The number of ether oxygens (including phenoxy) is 2. The zero-order valence-electron chi connectivity index (χ0n) is 18.0. The molecule has 0 heterocycles. The molecule has 0 saturated heterocycles. The maximum atomic E-state index is 12.1. The average molecular weight is 664 g/mol. The van der Waals surface area contributed by atoms with Crippen molar-refractivity contribution in [1.82, 2.24) is 16.2 Å². The molecule has 0 fully saturated rings. The van der Waals surface area contributed by atoms with Crippen LogP contribution in [0.25, 0.3) is 10.8 Å². The van der Waals surface area contributed by atoms with Crippen LogP contribution in [0, 0.1) is 0 Å². The molecule has 0 aliphatic heterocycles. The smallest absolute Gasteiger partial charge is 0.276 e. The van der Waals surface area contributed by atoms with Gasteiger partial charge < -0.3 is 14.8 Å². The van der Waals surface area contributed by atoms with Crippen LogP contribution < -0.4 is 25.6 Å². The van der Waals surface area contributed by atoms with Crippen molar-refractivity contribution in [1.29, 1.82) is 0 Å². The maximum absolute atomic E-state index is 12.1. The first-order valence-corrected chi connectivity index (χ1v) is 12.9. The molecule has 0 spiro atoms. The molecule has 35 heavy (non-hydrogen) atoms. The summed E-state index contributed by atoms with van der Waals surface area (Å²) in [5.41, 5.74) is 4.85. The van der Waals surface area contributed by atoms with E-state index in [1.54, 1.807) is 24.3 Å². The van der Waals surface area contributed by atoms with Gasteiger partial charge in [-0.3, -0.25) is 20.4 Å². The lowest BCUT2D eigenvalue weighted by atomic mass is 10.1. The van der Waals surface area contributed by atoms with E-state index in [2.05, 4.69) is 48.0 Å². The third-order valence-corrected chi connectivity index (χ3v) is 6.55. The predicted molar refractivity (Wildman–Crippen MR) is 148 cm³/mol. The molecular formula is C23H19Br2Cl2N3O4S. The number of halogens is 4. The zero-order chi connectivity index (χ0) is 25.4. The molecule has 3 aromatic rings. The van der Waals surface area contributed by atoms with E-state index >= 15 is 0 Å². The van der Waals surface area contributed by atoms with Crippen LogP contribution in [0.1, 0.15) is 12.8 Å². The number of benzene rings is 3. The fourth-order valence-corrected chi connectivity index (χ4v) is 4.50. The molecule has 0 aliphatic rings. The number of carbonyl (C=O) groups excluding carboxylic acids is 2. The molecule has 2 amide bonds. The van der Waals surface area contributed by atoms with Gasteiger partial charge in [0.1, 0.15) is 11.5 Å². The molecule has 0 radical (unpaired) electrons. The van der Waals surface area contributed by atoms with Crippen LogP contribution in [0.4, 0.5) is 0 Å². The third-order valence-electron chi connectivity index (χ3n) is 4.51. The maximum Gasteiger partial charge on any atom is 0.276 e. The highest BCUT2D eigenvalue weighted by Crippen LogP contribution is 2.34. The van der Waals surface area contributed by atoms with Crippen LogP contribution in [0.2, 0.25) is 10.0 Å². The molecule has 7 nitrogen and oxygen atoms in total. The molecule has 3 rings (SSSR count). The van der Waals surface area contributed by atoms with Crippen molar-refractivity contribution in [3.63, 3.8) is 0 Å². The van der Waals surface area contributed by atoms with Gasteiger partial charge in [-0.1, -0.05) is 51.3 Å². The SMILES string of the molecule is O=C(COc1ccc2cc(Br)ccc2c1Br)NNC(=S)NC(=O)CCCOc1ccc(Cl)cc1Cl. The minimum absolute atomic E-state index is 0.0394. The quantitative estimate of drug-likeness (QED) is 0.157. The first kappa shape index (κ1) is 27.5.